The molecule has 22 heavy (non-hydrogen) atoms. The number of aliphatic imine (C=N–C) groups is 1. The monoisotopic (exact) mass is 309 g/mol. The molecular weight excluding hydrogens is 284 g/mol. The predicted molar refractivity (Wildman–Crippen MR) is 85.9 cm³/mol. The molecule has 1 aliphatic rings. The van der Waals surface area contributed by atoms with Crippen molar-refractivity contribution < 1.29 is 8.78 Å². The smallest absolute Gasteiger partial charge is 0.193 e. The minimum Gasteiger partial charge on any atom is -0.356 e. The Balaban J connectivity index is 1.90. The average Bonchev–Trinajstić information content (AvgIpc) is 2.46. The quantitative estimate of drug-likeness (QED) is 0.686. The van der Waals surface area contributed by atoms with Crippen LogP contribution in [0.1, 0.15) is 25.8 Å². The fraction of sp³-hybridized carbons (Fsp3) is 0.588. The second kappa shape index (κ2) is 7.56. The van der Waals surface area contributed by atoms with E-state index < -0.39 is 11.6 Å². The summed E-state index contributed by atoms with van der Waals surface area (Å²) in [7, 11) is 1.76. The average molecular weight is 309 g/mol. The number of guanidine groups is 1. The Labute approximate surface area is 131 Å². The number of benzene rings is 1. The van der Waals surface area contributed by atoms with Gasteiger partial charge in [-0.05, 0) is 36.3 Å². The maximum atomic E-state index is 13.6. The molecule has 2 rings (SSSR count). The minimum absolute atomic E-state index is 0.392. The highest BCUT2D eigenvalue weighted by Gasteiger charge is 2.23. The van der Waals surface area contributed by atoms with E-state index in [-0.39, 0.29) is 0 Å². The second-order valence-corrected chi connectivity index (χ2v) is 6.29. The Hall–Kier alpha value is -1.65. The van der Waals surface area contributed by atoms with Gasteiger partial charge in [0.15, 0.2) is 17.6 Å². The van der Waals surface area contributed by atoms with Crippen LogP contribution in [0.5, 0.6) is 0 Å². The Kier molecular flexibility index (Phi) is 5.75. The first-order chi connectivity index (χ1) is 10.5. The zero-order valence-electron chi connectivity index (χ0n) is 13.6. The van der Waals surface area contributed by atoms with Crippen LogP contribution in [0.2, 0.25) is 0 Å². The maximum Gasteiger partial charge on any atom is 0.193 e. The summed E-state index contributed by atoms with van der Waals surface area (Å²) in [6.45, 7) is 7.00. The van der Waals surface area contributed by atoms with Crippen LogP contribution in [0.25, 0.3) is 0 Å². The largest absolute Gasteiger partial charge is 0.356 e. The summed E-state index contributed by atoms with van der Waals surface area (Å²) in [5.41, 5.74) is 0.392. The van der Waals surface area contributed by atoms with Crippen molar-refractivity contribution in [2.75, 3.05) is 26.7 Å². The highest BCUT2D eigenvalue weighted by molar-refractivity contribution is 5.80. The van der Waals surface area contributed by atoms with E-state index >= 15 is 0 Å². The van der Waals surface area contributed by atoms with E-state index in [4.69, 9.17) is 0 Å². The van der Waals surface area contributed by atoms with Crippen LogP contribution in [-0.4, -0.2) is 37.5 Å². The minimum atomic E-state index is -0.791. The van der Waals surface area contributed by atoms with Crippen LogP contribution in [-0.2, 0) is 6.42 Å². The molecule has 0 bridgehead atoms. The first-order valence-electron chi connectivity index (χ1n) is 7.89. The van der Waals surface area contributed by atoms with Gasteiger partial charge in [0.2, 0.25) is 0 Å². The molecule has 0 amide bonds. The topological polar surface area (TPSA) is 27.6 Å². The summed E-state index contributed by atoms with van der Waals surface area (Å²) in [6.07, 6.45) is 1.67. The number of hydrogen-bond donors (Lipinski definition) is 1. The molecular formula is C17H25F2N3. The van der Waals surface area contributed by atoms with Gasteiger partial charge in [-0.2, -0.15) is 0 Å². The second-order valence-electron chi connectivity index (χ2n) is 6.29. The molecule has 0 saturated carbocycles. The summed E-state index contributed by atoms with van der Waals surface area (Å²) >= 11 is 0. The van der Waals surface area contributed by atoms with Crippen LogP contribution >= 0.6 is 0 Å². The molecule has 1 heterocycles. The standard InChI is InChI=1S/C17H25F2N3/c1-12-9-13(2)11-22(10-12)17(20-3)21-8-7-14-5-4-6-15(18)16(14)19/h4-6,12-13H,7-11H2,1-3H3,(H,20,21). The van der Waals surface area contributed by atoms with Crippen molar-refractivity contribution in [3.05, 3.63) is 35.4 Å². The molecule has 2 atom stereocenters. The molecule has 0 radical (unpaired) electrons. The number of likely N-dealkylation sites (tertiary alicyclic amines) is 1. The van der Waals surface area contributed by atoms with Gasteiger partial charge in [-0.3, -0.25) is 4.99 Å². The molecule has 0 aliphatic carbocycles. The Bertz CT molecular complexity index is 521. The van der Waals surface area contributed by atoms with Gasteiger partial charge in [-0.1, -0.05) is 26.0 Å². The maximum absolute atomic E-state index is 13.6. The van der Waals surface area contributed by atoms with Crippen molar-refractivity contribution >= 4 is 5.96 Å². The Morgan fingerprint density at radius 3 is 2.59 bits per heavy atom. The number of rotatable bonds is 3. The van der Waals surface area contributed by atoms with E-state index in [1.54, 1.807) is 13.1 Å². The summed E-state index contributed by atoms with van der Waals surface area (Å²) in [4.78, 5) is 6.57. The first-order valence-corrected chi connectivity index (χ1v) is 7.89. The van der Waals surface area contributed by atoms with Crippen molar-refractivity contribution in [2.24, 2.45) is 16.8 Å². The van der Waals surface area contributed by atoms with E-state index in [9.17, 15) is 8.78 Å². The molecule has 1 aliphatic heterocycles. The highest BCUT2D eigenvalue weighted by atomic mass is 19.2. The third kappa shape index (κ3) is 4.18. The summed E-state index contributed by atoms with van der Waals surface area (Å²) < 4.78 is 26.8. The third-order valence-corrected chi connectivity index (χ3v) is 4.09. The Morgan fingerprint density at radius 2 is 1.95 bits per heavy atom. The summed E-state index contributed by atoms with van der Waals surface area (Å²) in [6, 6.07) is 4.30. The number of nitrogens with zero attached hydrogens (tertiary/aromatic N) is 2. The highest BCUT2D eigenvalue weighted by Crippen LogP contribution is 2.20. The van der Waals surface area contributed by atoms with Gasteiger partial charge in [0, 0.05) is 26.7 Å². The molecule has 1 aromatic rings. The number of nitrogens with one attached hydrogen (secondary N) is 1. The van der Waals surface area contributed by atoms with Crippen molar-refractivity contribution in [1.82, 2.24) is 10.2 Å². The van der Waals surface area contributed by atoms with Gasteiger partial charge in [0.25, 0.3) is 0 Å². The molecule has 1 saturated heterocycles. The lowest BCUT2D eigenvalue weighted by Crippen LogP contribution is -2.48. The first kappa shape index (κ1) is 16.7. The predicted octanol–water partition coefficient (Wildman–Crippen LogP) is 3.06. The van der Waals surface area contributed by atoms with Crippen molar-refractivity contribution in [3.63, 3.8) is 0 Å². The van der Waals surface area contributed by atoms with Crippen LogP contribution in [0.15, 0.2) is 23.2 Å². The van der Waals surface area contributed by atoms with Crippen molar-refractivity contribution in [2.45, 2.75) is 26.7 Å². The molecule has 5 heteroatoms. The van der Waals surface area contributed by atoms with Crippen molar-refractivity contribution in [1.29, 1.82) is 0 Å². The van der Waals surface area contributed by atoms with Gasteiger partial charge in [0.05, 0.1) is 0 Å². The van der Waals surface area contributed by atoms with E-state index in [0.29, 0.717) is 30.4 Å². The normalized spacial score (nSPS) is 22.8. The zero-order valence-corrected chi connectivity index (χ0v) is 13.6. The molecule has 1 fully saturated rings. The molecule has 3 nitrogen and oxygen atoms in total. The molecule has 0 aromatic heterocycles. The Morgan fingerprint density at radius 1 is 1.27 bits per heavy atom. The SMILES string of the molecule is CN=C(NCCc1cccc(F)c1F)N1CC(C)CC(C)C1. The van der Waals surface area contributed by atoms with Crippen LogP contribution in [0, 0.1) is 23.5 Å². The van der Waals surface area contributed by atoms with Crippen molar-refractivity contribution in [3.8, 4) is 0 Å². The third-order valence-electron chi connectivity index (χ3n) is 4.09. The molecule has 1 N–H and O–H groups in total. The zero-order chi connectivity index (χ0) is 16.1. The van der Waals surface area contributed by atoms with Gasteiger partial charge < -0.3 is 10.2 Å². The number of hydrogen-bond acceptors (Lipinski definition) is 1. The van der Waals surface area contributed by atoms with Gasteiger partial charge in [-0.15, -0.1) is 0 Å². The lowest BCUT2D eigenvalue weighted by atomic mass is 9.92. The fourth-order valence-electron chi connectivity index (χ4n) is 3.22. The molecule has 0 spiro atoms. The molecule has 1 aromatic carbocycles. The number of halogens is 2. The van der Waals surface area contributed by atoms with Crippen LogP contribution in [0.4, 0.5) is 8.78 Å². The summed E-state index contributed by atoms with van der Waals surface area (Å²) in [5, 5.41) is 3.26. The van der Waals surface area contributed by atoms with Crippen LogP contribution < -0.4 is 5.32 Å². The molecule has 2 unspecified atom stereocenters. The van der Waals surface area contributed by atoms with Gasteiger partial charge in [0.1, 0.15) is 0 Å². The van der Waals surface area contributed by atoms with E-state index in [1.165, 1.54) is 12.5 Å². The van der Waals surface area contributed by atoms with E-state index in [2.05, 4.69) is 29.1 Å². The van der Waals surface area contributed by atoms with Gasteiger partial charge >= 0.3 is 0 Å². The number of piperidine rings is 1. The fourth-order valence-corrected chi connectivity index (χ4v) is 3.22. The summed E-state index contributed by atoms with van der Waals surface area (Å²) in [5.74, 6) is 0.584. The lowest BCUT2D eigenvalue weighted by Gasteiger charge is -2.37. The van der Waals surface area contributed by atoms with E-state index in [0.717, 1.165) is 25.1 Å². The van der Waals surface area contributed by atoms with E-state index in [1.807, 2.05) is 0 Å². The molecule has 122 valence electrons. The van der Waals surface area contributed by atoms with Crippen LogP contribution in [0.3, 0.4) is 0 Å². The lowest BCUT2D eigenvalue weighted by molar-refractivity contribution is 0.208. The van der Waals surface area contributed by atoms with Gasteiger partial charge in [-0.25, -0.2) is 8.78 Å².